The van der Waals surface area contributed by atoms with Gasteiger partial charge in [0, 0.05) is 34.6 Å². The third-order valence-electron chi connectivity index (χ3n) is 7.44. The van der Waals surface area contributed by atoms with E-state index >= 15 is 0 Å². The molecular weight excluding hydrogens is 585 g/mol. The number of hydrogen-bond acceptors (Lipinski definition) is 7. The smallest absolute Gasteiger partial charge is 0.123 e. The second kappa shape index (κ2) is 11.1. The number of aromatic nitrogens is 4. The van der Waals surface area contributed by atoms with E-state index in [1.807, 2.05) is 24.5 Å². The van der Waals surface area contributed by atoms with Crippen LogP contribution >= 0.6 is 34.4 Å². The Bertz CT molecular complexity index is 2010. The van der Waals surface area contributed by atoms with E-state index < -0.39 is 0 Å². The summed E-state index contributed by atoms with van der Waals surface area (Å²) in [6, 6.07) is 42.3. The summed E-state index contributed by atoms with van der Waals surface area (Å²) < 4.78 is 9.41. The highest BCUT2D eigenvalue weighted by molar-refractivity contribution is 7.19. The van der Waals surface area contributed by atoms with E-state index in [4.69, 9.17) is 18.7 Å². The quantitative estimate of drug-likeness (QED) is 0.189. The molecule has 0 radical (unpaired) electrons. The van der Waals surface area contributed by atoms with Crippen LogP contribution in [-0.2, 0) is 0 Å². The highest BCUT2D eigenvalue weighted by atomic mass is 32.1. The molecule has 0 aliphatic carbocycles. The molecule has 204 valence electrons. The molecule has 0 saturated heterocycles. The maximum absolute atomic E-state index is 4.77. The highest BCUT2D eigenvalue weighted by Crippen LogP contribution is 2.41. The lowest BCUT2D eigenvalue weighted by molar-refractivity contribution is 1.41. The Hall–Kier alpha value is -4.82. The first-order chi connectivity index (χ1) is 21.3. The van der Waals surface area contributed by atoms with Crippen LogP contribution < -0.4 is 0 Å². The van der Waals surface area contributed by atoms with Gasteiger partial charge in [-0.2, -0.15) is 8.75 Å². The van der Waals surface area contributed by atoms with Crippen LogP contribution in [0.25, 0.3) is 75.3 Å². The van der Waals surface area contributed by atoms with Crippen molar-refractivity contribution in [2.24, 2.45) is 0 Å². The minimum Gasteiger partial charge on any atom is -0.244 e. The number of nitrogens with zero attached hydrogens (tertiary/aromatic N) is 4. The van der Waals surface area contributed by atoms with Gasteiger partial charge < -0.3 is 0 Å². The molecule has 7 heteroatoms. The van der Waals surface area contributed by atoms with Gasteiger partial charge in [-0.1, -0.05) is 121 Å². The van der Waals surface area contributed by atoms with Gasteiger partial charge in [-0.15, -0.1) is 22.7 Å². The number of thiazole rings is 2. The Morgan fingerprint density at radius 1 is 0.372 bits per heavy atom. The number of fused-ring (bicyclic) bond motifs is 1. The van der Waals surface area contributed by atoms with Crippen molar-refractivity contribution in [1.29, 1.82) is 0 Å². The third kappa shape index (κ3) is 4.97. The van der Waals surface area contributed by atoms with Crippen molar-refractivity contribution < 1.29 is 0 Å². The van der Waals surface area contributed by atoms with E-state index in [0.717, 1.165) is 53.1 Å². The minimum absolute atomic E-state index is 0.902. The predicted molar refractivity (Wildman–Crippen MR) is 181 cm³/mol. The van der Waals surface area contributed by atoms with Crippen LogP contribution in [0.15, 0.2) is 134 Å². The lowest BCUT2D eigenvalue weighted by atomic mass is 10.0. The molecule has 5 aromatic carbocycles. The zero-order valence-corrected chi connectivity index (χ0v) is 25.2. The van der Waals surface area contributed by atoms with Crippen LogP contribution in [0.1, 0.15) is 0 Å². The molecule has 0 N–H and O–H groups in total. The summed E-state index contributed by atoms with van der Waals surface area (Å²) in [6.45, 7) is 0. The molecule has 0 atom stereocenters. The normalized spacial score (nSPS) is 11.3. The fourth-order valence-electron chi connectivity index (χ4n) is 5.20. The lowest BCUT2D eigenvalue weighted by Crippen LogP contribution is -1.82. The van der Waals surface area contributed by atoms with Gasteiger partial charge in [0.15, 0.2) is 0 Å². The van der Waals surface area contributed by atoms with Crippen LogP contribution in [-0.4, -0.2) is 18.7 Å². The maximum atomic E-state index is 4.77. The van der Waals surface area contributed by atoms with Gasteiger partial charge in [0.25, 0.3) is 0 Å². The Morgan fingerprint density at radius 3 is 1.16 bits per heavy atom. The summed E-state index contributed by atoms with van der Waals surface area (Å²) in [4.78, 5) is 11.7. The molecule has 0 aliphatic rings. The topological polar surface area (TPSA) is 51.6 Å². The van der Waals surface area contributed by atoms with Gasteiger partial charge in [0.05, 0.1) is 21.5 Å². The molecule has 0 aliphatic heterocycles. The second-order valence-electron chi connectivity index (χ2n) is 10.1. The standard InChI is InChI=1S/C36H22N4S3/c1-3-7-23(8-4-1)25-11-15-27(16-12-25)35-37-21-31(41-35)29-19-20-30(34-33(29)39-43-40-34)32-22-38-36(42-32)28-17-13-26(14-18-28)24-9-5-2-6-10-24/h1-22H. The maximum Gasteiger partial charge on any atom is 0.123 e. The molecule has 0 spiro atoms. The van der Waals surface area contributed by atoms with Crippen molar-refractivity contribution in [3.05, 3.63) is 134 Å². The Morgan fingerprint density at radius 2 is 0.744 bits per heavy atom. The van der Waals surface area contributed by atoms with Gasteiger partial charge in [-0.05, 0) is 22.3 Å². The fraction of sp³-hybridized carbons (Fsp3) is 0. The molecule has 0 saturated carbocycles. The molecule has 0 unspecified atom stereocenters. The van der Waals surface area contributed by atoms with Crippen molar-refractivity contribution in [3.63, 3.8) is 0 Å². The third-order valence-corrected chi connectivity index (χ3v) is 10.1. The predicted octanol–water partition coefficient (Wildman–Crippen LogP) is 10.6. The number of rotatable bonds is 6. The van der Waals surface area contributed by atoms with Crippen molar-refractivity contribution in [2.45, 2.75) is 0 Å². The van der Waals surface area contributed by atoms with Crippen LogP contribution in [0, 0.1) is 0 Å². The molecule has 0 amide bonds. The molecule has 4 nitrogen and oxygen atoms in total. The highest BCUT2D eigenvalue weighted by Gasteiger charge is 2.18. The first kappa shape index (κ1) is 25.9. The SMILES string of the molecule is c1ccc(-c2ccc(-c3ncc(-c4ccc(-c5cnc(-c6ccc(-c7ccccc7)cc6)s5)c5nsnc45)s3)cc2)cc1. The van der Waals surface area contributed by atoms with E-state index in [0.29, 0.717) is 0 Å². The van der Waals surface area contributed by atoms with Crippen molar-refractivity contribution in [2.75, 3.05) is 0 Å². The summed E-state index contributed by atoms with van der Waals surface area (Å²) in [5.74, 6) is 0. The Balaban J connectivity index is 1.07. The average molecular weight is 607 g/mol. The Kier molecular flexibility index (Phi) is 6.68. The van der Waals surface area contributed by atoms with Gasteiger partial charge in [-0.3, -0.25) is 0 Å². The molecule has 0 fully saturated rings. The van der Waals surface area contributed by atoms with Crippen LogP contribution in [0.2, 0.25) is 0 Å². The van der Waals surface area contributed by atoms with Gasteiger partial charge in [0.1, 0.15) is 21.0 Å². The van der Waals surface area contributed by atoms with Crippen LogP contribution in [0.3, 0.4) is 0 Å². The summed E-state index contributed by atoms with van der Waals surface area (Å²) >= 11 is 4.60. The first-order valence-electron chi connectivity index (χ1n) is 13.8. The van der Waals surface area contributed by atoms with E-state index in [1.165, 1.54) is 34.0 Å². The molecule has 0 bridgehead atoms. The zero-order chi connectivity index (χ0) is 28.6. The second-order valence-corrected chi connectivity index (χ2v) is 12.7. The van der Waals surface area contributed by atoms with Crippen molar-refractivity contribution >= 4 is 45.4 Å². The average Bonchev–Trinajstić information content (AvgIpc) is 3.87. The summed E-state index contributed by atoms with van der Waals surface area (Å²) in [5, 5.41) is 1.97. The molecule has 3 heterocycles. The minimum atomic E-state index is 0.902. The molecule has 8 rings (SSSR count). The van der Waals surface area contributed by atoms with Crippen LogP contribution in [0.5, 0.6) is 0 Å². The van der Waals surface area contributed by atoms with Crippen molar-refractivity contribution in [3.8, 4) is 64.3 Å². The number of benzene rings is 5. The monoisotopic (exact) mass is 606 g/mol. The summed E-state index contributed by atoms with van der Waals surface area (Å²) in [7, 11) is 0. The largest absolute Gasteiger partial charge is 0.244 e. The van der Waals surface area contributed by atoms with Gasteiger partial charge in [-0.25, -0.2) is 9.97 Å². The molecule has 8 aromatic rings. The molecule has 3 aromatic heterocycles. The molecular formula is C36H22N4S3. The van der Waals surface area contributed by atoms with Gasteiger partial charge >= 0.3 is 0 Å². The van der Waals surface area contributed by atoms with E-state index in [2.05, 4.69) is 109 Å². The molecule has 43 heavy (non-hydrogen) atoms. The number of hydrogen-bond donors (Lipinski definition) is 0. The van der Waals surface area contributed by atoms with E-state index in [-0.39, 0.29) is 0 Å². The van der Waals surface area contributed by atoms with Gasteiger partial charge in [0.2, 0.25) is 0 Å². The summed E-state index contributed by atoms with van der Waals surface area (Å²) in [6.07, 6.45) is 3.89. The van der Waals surface area contributed by atoms with E-state index in [9.17, 15) is 0 Å². The fourth-order valence-corrected chi connectivity index (χ4v) is 7.67. The first-order valence-corrected chi connectivity index (χ1v) is 16.2. The zero-order valence-electron chi connectivity index (χ0n) is 22.7. The van der Waals surface area contributed by atoms with E-state index in [1.54, 1.807) is 22.7 Å². The lowest BCUT2D eigenvalue weighted by Gasteiger charge is -2.04. The summed E-state index contributed by atoms with van der Waals surface area (Å²) in [5.41, 5.74) is 10.9. The Labute approximate surface area is 261 Å². The van der Waals surface area contributed by atoms with Crippen molar-refractivity contribution in [1.82, 2.24) is 18.7 Å². The van der Waals surface area contributed by atoms with Crippen LogP contribution in [0.4, 0.5) is 0 Å².